The third-order valence-corrected chi connectivity index (χ3v) is 6.99. The summed E-state index contributed by atoms with van der Waals surface area (Å²) < 4.78 is 26.0. The molecule has 9 heteroatoms. The van der Waals surface area contributed by atoms with E-state index in [1.165, 1.54) is 0 Å². The SMILES string of the molecule is CC(C)CN1C(=O)[C@@H]2C[C@H](NC(=O)Cc3cccc(Cl)c3)CN2CCS1(=O)=O. The Hall–Kier alpha value is -1.64. The molecule has 0 radical (unpaired) electrons. The van der Waals surface area contributed by atoms with Crippen molar-refractivity contribution in [3.8, 4) is 0 Å². The number of carbonyl (C=O) groups is 2. The summed E-state index contributed by atoms with van der Waals surface area (Å²) in [7, 11) is -3.59. The molecule has 1 aromatic carbocycles. The van der Waals surface area contributed by atoms with Gasteiger partial charge in [-0.1, -0.05) is 37.6 Å². The zero-order valence-corrected chi connectivity index (χ0v) is 17.7. The van der Waals surface area contributed by atoms with Gasteiger partial charge in [0, 0.05) is 30.7 Å². The number of nitrogens with one attached hydrogen (secondary N) is 1. The van der Waals surface area contributed by atoms with Crippen molar-refractivity contribution in [3.05, 3.63) is 34.9 Å². The molecule has 0 aliphatic carbocycles. The van der Waals surface area contributed by atoms with E-state index in [1.807, 2.05) is 24.8 Å². The van der Waals surface area contributed by atoms with Crippen LogP contribution < -0.4 is 5.32 Å². The van der Waals surface area contributed by atoms with Gasteiger partial charge in [0.2, 0.25) is 15.9 Å². The zero-order chi connectivity index (χ0) is 20.5. The molecule has 0 saturated carbocycles. The van der Waals surface area contributed by atoms with Gasteiger partial charge < -0.3 is 5.32 Å². The molecule has 2 aliphatic rings. The Kier molecular flexibility index (Phi) is 6.31. The molecule has 1 N–H and O–H groups in total. The van der Waals surface area contributed by atoms with Gasteiger partial charge in [-0.05, 0) is 30.0 Å². The van der Waals surface area contributed by atoms with Crippen molar-refractivity contribution >= 4 is 33.4 Å². The predicted molar refractivity (Wildman–Crippen MR) is 107 cm³/mol. The first-order valence-electron chi connectivity index (χ1n) is 9.48. The van der Waals surface area contributed by atoms with Crippen LogP contribution in [0.25, 0.3) is 0 Å². The van der Waals surface area contributed by atoms with Gasteiger partial charge in [-0.25, -0.2) is 12.7 Å². The Labute approximate surface area is 171 Å². The van der Waals surface area contributed by atoms with Crippen molar-refractivity contribution in [2.75, 3.05) is 25.4 Å². The van der Waals surface area contributed by atoms with Crippen LogP contribution in [-0.4, -0.2) is 66.9 Å². The first-order chi connectivity index (χ1) is 13.2. The fraction of sp³-hybridized carbons (Fsp3) is 0.579. The lowest BCUT2D eigenvalue weighted by molar-refractivity contribution is -0.131. The zero-order valence-electron chi connectivity index (χ0n) is 16.1. The minimum absolute atomic E-state index is 0.0554. The van der Waals surface area contributed by atoms with Crippen molar-refractivity contribution in [2.45, 2.75) is 38.8 Å². The van der Waals surface area contributed by atoms with Crippen molar-refractivity contribution < 1.29 is 18.0 Å². The molecule has 2 atom stereocenters. The summed E-state index contributed by atoms with van der Waals surface area (Å²) in [5.74, 6) is -0.535. The molecule has 2 aliphatic heterocycles. The monoisotopic (exact) mass is 427 g/mol. The number of rotatable bonds is 5. The largest absolute Gasteiger partial charge is 0.352 e. The molecular weight excluding hydrogens is 402 g/mol. The molecule has 0 unspecified atom stereocenters. The molecular formula is C19H26ClN3O4S. The van der Waals surface area contributed by atoms with Crippen LogP contribution in [0, 0.1) is 5.92 Å². The molecule has 1 aromatic rings. The van der Waals surface area contributed by atoms with Gasteiger partial charge in [-0.3, -0.25) is 14.5 Å². The third-order valence-electron chi connectivity index (χ3n) is 5.06. The number of hydrogen-bond donors (Lipinski definition) is 1. The van der Waals surface area contributed by atoms with Crippen LogP contribution in [0.1, 0.15) is 25.8 Å². The minimum Gasteiger partial charge on any atom is -0.352 e. The molecule has 154 valence electrons. The van der Waals surface area contributed by atoms with Crippen molar-refractivity contribution in [3.63, 3.8) is 0 Å². The summed E-state index contributed by atoms with van der Waals surface area (Å²) in [6.45, 7) is 4.74. The molecule has 0 bridgehead atoms. The highest BCUT2D eigenvalue weighted by Gasteiger charge is 2.45. The van der Waals surface area contributed by atoms with Gasteiger partial charge in [-0.2, -0.15) is 0 Å². The van der Waals surface area contributed by atoms with Gasteiger partial charge in [0.25, 0.3) is 5.91 Å². The standard InChI is InChI=1S/C19H26ClN3O4S/c1-13(2)11-23-19(25)17-10-16(12-22(17)6-7-28(23,26)27)21-18(24)9-14-4-3-5-15(20)8-14/h3-5,8,13,16-17H,6-7,9-12H2,1-2H3,(H,21,24)/t16-,17-/m0/s1. The normalized spacial score (nSPS) is 24.9. The molecule has 7 nitrogen and oxygen atoms in total. The van der Waals surface area contributed by atoms with Gasteiger partial charge in [0.05, 0.1) is 18.2 Å². The minimum atomic E-state index is -3.59. The van der Waals surface area contributed by atoms with Crippen molar-refractivity contribution in [2.24, 2.45) is 5.92 Å². The Bertz CT molecular complexity index is 858. The Balaban J connectivity index is 1.65. The van der Waals surface area contributed by atoms with Gasteiger partial charge >= 0.3 is 0 Å². The second-order valence-electron chi connectivity index (χ2n) is 7.90. The fourth-order valence-electron chi connectivity index (χ4n) is 3.80. The van der Waals surface area contributed by atoms with E-state index < -0.39 is 16.1 Å². The maximum Gasteiger partial charge on any atom is 0.253 e. The lowest BCUT2D eigenvalue weighted by atomic mass is 10.1. The van der Waals surface area contributed by atoms with Crippen LogP contribution in [0.2, 0.25) is 5.02 Å². The van der Waals surface area contributed by atoms with Gasteiger partial charge in [-0.15, -0.1) is 0 Å². The van der Waals surface area contributed by atoms with Gasteiger partial charge in [0.15, 0.2) is 0 Å². The second kappa shape index (κ2) is 8.39. The molecule has 2 heterocycles. The van der Waals surface area contributed by atoms with E-state index in [-0.39, 0.29) is 42.5 Å². The Morgan fingerprint density at radius 1 is 1.36 bits per heavy atom. The first kappa shape index (κ1) is 21.1. The molecule has 2 amide bonds. The van der Waals surface area contributed by atoms with Crippen LogP contribution in [-0.2, 0) is 26.0 Å². The maximum absolute atomic E-state index is 12.9. The number of halogens is 1. The second-order valence-corrected chi connectivity index (χ2v) is 10.3. The fourth-order valence-corrected chi connectivity index (χ4v) is 5.62. The first-order valence-corrected chi connectivity index (χ1v) is 11.5. The van der Waals surface area contributed by atoms with Crippen molar-refractivity contribution in [1.82, 2.24) is 14.5 Å². The highest BCUT2D eigenvalue weighted by Crippen LogP contribution is 2.25. The molecule has 0 spiro atoms. The molecule has 3 rings (SSSR count). The number of hydrogen-bond acceptors (Lipinski definition) is 5. The van der Waals surface area contributed by atoms with E-state index in [1.54, 1.807) is 18.2 Å². The highest BCUT2D eigenvalue weighted by atomic mass is 35.5. The molecule has 0 aromatic heterocycles. The van der Waals surface area contributed by atoms with Crippen LogP contribution >= 0.6 is 11.6 Å². The average molecular weight is 428 g/mol. The van der Waals surface area contributed by atoms with Gasteiger partial charge in [0.1, 0.15) is 0 Å². The third kappa shape index (κ3) is 4.85. The van der Waals surface area contributed by atoms with E-state index in [0.29, 0.717) is 24.5 Å². The van der Waals surface area contributed by atoms with Crippen LogP contribution in [0.15, 0.2) is 24.3 Å². The summed E-state index contributed by atoms with van der Waals surface area (Å²) in [5.41, 5.74) is 0.822. The van der Waals surface area contributed by atoms with Crippen molar-refractivity contribution in [1.29, 1.82) is 0 Å². The number of nitrogens with zero attached hydrogens (tertiary/aromatic N) is 2. The van der Waals surface area contributed by atoms with E-state index in [2.05, 4.69) is 5.32 Å². The number of carbonyl (C=O) groups excluding carboxylic acids is 2. The van der Waals surface area contributed by atoms with E-state index in [9.17, 15) is 18.0 Å². The van der Waals surface area contributed by atoms with Crippen LogP contribution in [0.5, 0.6) is 0 Å². The Morgan fingerprint density at radius 3 is 2.79 bits per heavy atom. The summed E-state index contributed by atoms with van der Waals surface area (Å²) in [6, 6.07) is 6.46. The topological polar surface area (TPSA) is 86.8 Å². The number of sulfonamides is 1. The lowest BCUT2D eigenvalue weighted by Gasteiger charge is -2.25. The molecule has 2 saturated heterocycles. The lowest BCUT2D eigenvalue weighted by Crippen LogP contribution is -2.45. The maximum atomic E-state index is 12.9. The summed E-state index contributed by atoms with van der Waals surface area (Å²) in [5, 5.41) is 3.56. The Morgan fingerprint density at radius 2 is 2.11 bits per heavy atom. The number of benzene rings is 1. The molecule has 2 fully saturated rings. The smallest absolute Gasteiger partial charge is 0.253 e. The summed E-state index contributed by atoms with van der Waals surface area (Å²) >= 11 is 5.96. The summed E-state index contributed by atoms with van der Waals surface area (Å²) in [4.78, 5) is 27.2. The van der Waals surface area contributed by atoms with E-state index in [0.717, 1.165) is 9.87 Å². The number of amides is 2. The number of fused-ring (bicyclic) bond motifs is 1. The van der Waals surface area contributed by atoms with E-state index >= 15 is 0 Å². The highest BCUT2D eigenvalue weighted by molar-refractivity contribution is 7.89. The summed E-state index contributed by atoms with van der Waals surface area (Å²) in [6.07, 6.45) is 0.633. The predicted octanol–water partition coefficient (Wildman–Crippen LogP) is 1.27. The average Bonchev–Trinajstić information content (AvgIpc) is 2.96. The van der Waals surface area contributed by atoms with Crippen LogP contribution in [0.4, 0.5) is 0 Å². The molecule has 28 heavy (non-hydrogen) atoms. The van der Waals surface area contributed by atoms with Crippen LogP contribution in [0.3, 0.4) is 0 Å². The van der Waals surface area contributed by atoms with E-state index in [4.69, 9.17) is 11.6 Å². The quantitative estimate of drug-likeness (QED) is 0.764.